The van der Waals surface area contributed by atoms with E-state index in [9.17, 15) is 9.18 Å². The predicted octanol–water partition coefficient (Wildman–Crippen LogP) is 2.05. The summed E-state index contributed by atoms with van der Waals surface area (Å²) in [4.78, 5) is 13.9. The Bertz CT molecular complexity index is 512. The number of rotatable bonds is 5. The van der Waals surface area contributed by atoms with Crippen LogP contribution in [0.5, 0.6) is 0 Å². The Kier molecular flexibility index (Phi) is 4.78. The lowest BCUT2D eigenvalue weighted by Gasteiger charge is -2.35. The van der Waals surface area contributed by atoms with E-state index in [1.54, 1.807) is 19.2 Å². The van der Waals surface area contributed by atoms with Crippen molar-refractivity contribution in [1.82, 2.24) is 4.90 Å². The van der Waals surface area contributed by atoms with E-state index in [0.717, 1.165) is 18.5 Å². The molecule has 1 aromatic rings. The van der Waals surface area contributed by atoms with Gasteiger partial charge in [0.25, 0.3) is 0 Å². The molecule has 0 radical (unpaired) electrons. The largest absolute Gasteiger partial charge is 0.382 e. The molecule has 1 heterocycles. The van der Waals surface area contributed by atoms with Gasteiger partial charge in [-0.15, -0.1) is 0 Å². The van der Waals surface area contributed by atoms with Crippen molar-refractivity contribution in [3.05, 3.63) is 34.1 Å². The zero-order valence-electron chi connectivity index (χ0n) is 11.4. The number of halogens is 2. The number of carbonyl (C=O) groups excluding carboxylic acids is 1. The molecule has 1 fully saturated rings. The predicted molar refractivity (Wildman–Crippen MR) is 77.5 cm³/mol. The van der Waals surface area contributed by atoms with E-state index >= 15 is 0 Å². The SMILES string of the molecule is COCC1(C(N)=O)CCCN1Cc1ccc(F)c(Br)c1. The average Bonchev–Trinajstić information content (AvgIpc) is 2.79. The Labute approximate surface area is 126 Å². The number of nitrogens with zero attached hydrogens (tertiary/aromatic N) is 1. The number of ether oxygens (including phenoxy) is 1. The number of methoxy groups -OCH3 is 1. The Balaban J connectivity index is 2.22. The molecule has 1 aromatic carbocycles. The second kappa shape index (κ2) is 6.20. The first-order valence-corrected chi connectivity index (χ1v) is 7.27. The summed E-state index contributed by atoms with van der Waals surface area (Å²) in [6.07, 6.45) is 1.59. The zero-order chi connectivity index (χ0) is 14.8. The summed E-state index contributed by atoms with van der Waals surface area (Å²) in [5.41, 5.74) is 5.76. The van der Waals surface area contributed by atoms with Crippen molar-refractivity contribution in [1.29, 1.82) is 0 Å². The molecule has 0 aromatic heterocycles. The van der Waals surface area contributed by atoms with Gasteiger partial charge in [-0.3, -0.25) is 9.69 Å². The third kappa shape index (κ3) is 2.87. The average molecular weight is 345 g/mol. The van der Waals surface area contributed by atoms with E-state index in [2.05, 4.69) is 15.9 Å². The molecule has 110 valence electrons. The highest BCUT2D eigenvalue weighted by molar-refractivity contribution is 9.10. The zero-order valence-corrected chi connectivity index (χ0v) is 13.0. The number of likely N-dealkylation sites (tertiary alicyclic amines) is 1. The maximum absolute atomic E-state index is 13.3. The summed E-state index contributed by atoms with van der Waals surface area (Å²) in [5.74, 6) is -0.661. The molecule has 6 heteroatoms. The number of carbonyl (C=O) groups is 1. The molecular formula is C14H18BrFN2O2. The first-order chi connectivity index (χ1) is 9.49. The van der Waals surface area contributed by atoms with Gasteiger partial charge in [0.1, 0.15) is 11.4 Å². The van der Waals surface area contributed by atoms with E-state index in [1.807, 2.05) is 4.90 Å². The first kappa shape index (κ1) is 15.4. The van der Waals surface area contributed by atoms with Crippen LogP contribution in [0.3, 0.4) is 0 Å². The van der Waals surface area contributed by atoms with Gasteiger partial charge in [-0.25, -0.2) is 4.39 Å². The Morgan fingerprint density at radius 1 is 1.60 bits per heavy atom. The van der Waals surface area contributed by atoms with E-state index in [1.165, 1.54) is 6.07 Å². The number of hydrogen-bond acceptors (Lipinski definition) is 3. The van der Waals surface area contributed by atoms with E-state index in [0.29, 0.717) is 17.4 Å². The van der Waals surface area contributed by atoms with Crippen LogP contribution in [0.2, 0.25) is 0 Å². The normalized spacial score (nSPS) is 23.1. The number of amides is 1. The van der Waals surface area contributed by atoms with Crippen molar-refractivity contribution in [3.8, 4) is 0 Å². The van der Waals surface area contributed by atoms with Gasteiger partial charge in [-0.2, -0.15) is 0 Å². The molecule has 2 rings (SSSR count). The number of nitrogens with two attached hydrogens (primary N) is 1. The molecule has 1 aliphatic heterocycles. The Morgan fingerprint density at radius 2 is 2.35 bits per heavy atom. The van der Waals surface area contributed by atoms with Crippen LogP contribution in [-0.2, 0) is 16.1 Å². The van der Waals surface area contributed by atoms with Crippen molar-refractivity contribution in [3.63, 3.8) is 0 Å². The van der Waals surface area contributed by atoms with E-state index in [-0.39, 0.29) is 18.3 Å². The molecule has 1 unspecified atom stereocenters. The lowest BCUT2D eigenvalue weighted by molar-refractivity contribution is -0.132. The standard InChI is InChI=1S/C14H18BrFN2O2/c1-20-9-14(13(17)19)5-2-6-18(14)8-10-3-4-12(16)11(15)7-10/h3-4,7H,2,5-6,8-9H2,1H3,(H2,17,19). The second-order valence-corrected chi connectivity index (χ2v) is 5.96. The highest BCUT2D eigenvalue weighted by atomic mass is 79.9. The molecule has 0 spiro atoms. The fourth-order valence-corrected chi connectivity index (χ4v) is 3.20. The number of benzene rings is 1. The fourth-order valence-electron chi connectivity index (χ4n) is 2.78. The van der Waals surface area contributed by atoms with Crippen LogP contribution in [0.15, 0.2) is 22.7 Å². The van der Waals surface area contributed by atoms with Crippen LogP contribution in [0, 0.1) is 5.82 Å². The van der Waals surface area contributed by atoms with Crippen LogP contribution in [-0.4, -0.2) is 36.6 Å². The van der Waals surface area contributed by atoms with Gasteiger partial charge >= 0.3 is 0 Å². The summed E-state index contributed by atoms with van der Waals surface area (Å²) in [6.45, 7) is 1.61. The minimum absolute atomic E-state index is 0.282. The number of hydrogen-bond donors (Lipinski definition) is 1. The molecule has 1 atom stereocenters. The summed E-state index contributed by atoms with van der Waals surface area (Å²) in [7, 11) is 1.57. The van der Waals surface area contributed by atoms with Gasteiger partial charge in [0.05, 0.1) is 11.1 Å². The molecule has 1 amide bonds. The van der Waals surface area contributed by atoms with E-state index in [4.69, 9.17) is 10.5 Å². The minimum atomic E-state index is -0.754. The summed E-state index contributed by atoms with van der Waals surface area (Å²) in [5, 5.41) is 0. The summed E-state index contributed by atoms with van der Waals surface area (Å²) >= 11 is 3.17. The van der Waals surface area contributed by atoms with Crippen molar-refractivity contribution >= 4 is 21.8 Å². The lowest BCUT2D eigenvalue weighted by atomic mass is 9.96. The summed E-state index contributed by atoms with van der Waals surface area (Å²) < 4.78 is 18.9. The minimum Gasteiger partial charge on any atom is -0.382 e. The molecule has 0 saturated carbocycles. The first-order valence-electron chi connectivity index (χ1n) is 6.47. The summed E-state index contributed by atoms with van der Waals surface area (Å²) in [6, 6.07) is 4.86. The Hall–Kier alpha value is -0.980. The third-order valence-electron chi connectivity index (χ3n) is 3.82. The fraction of sp³-hybridized carbons (Fsp3) is 0.500. The van der Waals surface area contributed by atoms with Gasteiger partial charge in [-0.1, -0.05) is 6.07 Å². The van der Waals surface area contributed by atoms with Crippen LogP contribution in [0.25, 0.3) is 0 Å². The van der Waals surface area contributed by atoms with Gasteiger partial charge in [0.2, 0.25) is 5.91 Å². The highest BCUT2D eigenvalue weighted by Gasteiger charge is 2.46. The molecule has 2 N–H and O–H groups in total. The van der Waals surface area contributed by atoms with E-state index < -0.39 is 5.54 Å². The molecule has 0 bridgehead atoms. The second-order valence-electron chi connectivity index (χ2n) is 5.10. The van der Waals surface area contributed by atoms with Gasteiger partial charge in [-0.05, 0) is 53.0 Å². The number of primary amides is 1. The molecule has 4 nitrogen and oxygen atoms in total. The van der Waals surface area contributed by atoms with Crippen LogP contribution in [0.4, 0.5) is 4.39 Å². The maximum atomic E-state index is 13.3. The van der Waals surface area contributed by atoms with Crippen molar-refractivity contribution in [2.24, 2.45) is 5.73 Å². The molecular weight excluding hydrogens is 327 g/mol. The molecule has 1 aliphatic rings. The van der Waals surface area contributed by atoms with Crippen LogP contribution < -0.4 is 5.73 Å². The topological polar surface area (TPSA) is 55.6 Å². The van der Waals surface area contributed by atoms with Crippen molar-refractivity contribution in [2.45, 2.75) is 24.9 Å². The molecule has 20 heavy (non-hydrogen) atoms. The van der Waals surface area contributed by atoms with Crippen LogP contribution in [0.1, 0.15) is 18.4 Å². The van der Waals surface area contributed by atoms with Crippen LogP contribution >= 0.6 is 15.9 Å². The lowest BCUT2D eigenvalue weighted by Crippen LogP contribution is -2.56. The van der Waals surface area contributed by atoms with Crippen molar-refractivity contribution in [2.75, 3.05) is 20.3 Å². The van der Waals surface area contributed by atoms with Gasteiger partial charge < -0.3 is 10.5 Å². The third-order valence-corrected chi connectivity index (χ3v) is 4.43. The highest BCUT2D eigenvalue weighted by Crippen LogP contribution is 2.31. The maximum Gasteiger partial charge on any atom is 0.240 e. The Morgan fingerprint density at radius 3 is 2.95 bits per heavy atom. The smallest absolute Gasteiger partial charge is 0.240 e. The molecule has 1 saturated heterocycles. The monoisotopic (exact) mass is 344 g/mol. The van der Waals surface area contributed by atoms with Gasteiger partial charge in [0.15, 0.2) is 0 Å². The molecule has 0 aliphatic carbocycles. The van der Waals surface area contributed by atoms with Gasteiger partial charge in [0, 0.05) is 13.7 Å². The quantitative estimate of drug-likeness (QED) is 0.889. The van der Waals surface area contributed by atoms with Crippen molar-refractivity contribution < 1.29 is 13.9 Å².